The molecule has 19 heavy (non-hydrogen) atoms. The molecule has 0 fully saturated rings. The molecule has 0 aliphatic heterocycles. The third kappa shape index (κ3) is 5.39. The van der Waals surface area contributed by atoms with Crippen LogP contribution in [-0.2, 0) is 0 Å². The summed E-state index contributed by atoms with van der Waals surface area (Å²) in [4.78, 5) is 0. The van der Waals surface area contributed by atoms with E-state index in [4.69, 9.17) is 12.2 Å². The van der Waals surface area contributed by atoms with Gasteiger partial charge in [0.2, 0.25) is 0 Å². The average Bonchev–Trinajstić information content (AvgIpc) is 2.38. The second-order valence-electron chi connectivity index (χ2n) is 4.98. The van der Waals surface area contributed by atoms with E-state index in [1.807, 2.05) is 18.3 Å². The lowest BCUT2D eigenvalue weighted by Gasteiger charge is -2.16. The van der Waals surface area contributed by atoms with Crippen LogP contribution in [0.1, 0.15) is 45.6 Å². The number of anilines is 1. The molecule has 1 atom stereocenters. The Morgan fingerprint density at radius 1 is 1.32 bits per heavy atom. The normalized spacial score (nSPS) is 12.7. The molecule has 0 aliphatic carbocycles. The number of nitrogens with zero attached hydrogens (tertiary/aromatic N) is 1. The number of rotatable bonds is 5. The molecule has 1 aromatic carbocycles. The van der Waals surface area contributed by atoms with E-state index in [9.17, 15) is 0 Å². The highest BCUT2D eigenvalue weighted by atomic mass is 32.1. The Labute approximate surface area is 121 Å². The van der Waals surface area contributed by atoms with Crippen molar-refractivity contribution >= 4 is 29.2 Å². The molecule has 2 N–H and O–H groups in total. The smallest absolute Gasteiger partial charge is 0.191 e. The molecule has 104 valence electrons. The molecule has 1 aromatic rings. The largest absolute Gasteiger partial charge is 0.331 e. The molecule has 0 amide bonds. The molecule has 4 heteroatoms. The van der Waals surface area contributed by atoms with E-state index in [0.29, 0.717) is 16.9 Å². The summed E-state index contributed by atoms with van der Waals surface area (Å²) in [6, 6.07) is 8.24. The van der Waals surface area contributed by atoms with Gasteiger partial charge in [-0.05, 0) is 42.1 Å². The highest BCUT2D eigenvalue weighted by molar-refractivity contribution is 7.80. The van der Waals surface area contributed by atoms with Gasteiger partial charge in [-0.25, -0.2) is 0 Å². The van der Waals surface area contributed by atoms with Crippen LogP contribution in [0.4, 0.5) is 5.69 Å². The van der Waals surface area contributed by atoms with Crippen molar-refractivity contribution in [2.45, 2.75) is 40.0 Å². The van der Waals surface area contributed by atoms with Gasteiger partial charge in [0, 0.05) is 11.9 Å². The summed E-state index contributed by atoms with van der Waals surface area (Å²) in [6.07, 6.45) is 2.93. The first-order chi connectivity index (χ1) is 9.04. The summed E-state index contributed by atoms with van der Waals surface area (Å²) in [5.41, 5.74) is 5.17. The van der Waals surface area contributed by atoms with E-state index in [1.54, 1.807) is 0 Å². The number of hydrogen-bond acceptors (Lipinski definition) is 2. The van der Waals surface area contributed by atoms with E-state index < -0.39 is 0 Å². The average molecular weight is 277 g/mol. The van der Waals surface area contributed by atoms with Gasteiger partial charge >= 0.3 is 0 Å². The summed E-state index contributed by atoms with van der Waals surface area (Å²) in [7, 11) is 0. The van der Waals surface area contributed by atoms with Gasteiger partial charge < -0.3 is 5.32 Å². The van der Waals surface area contributed by atoms with Gasteiger partial charge in [-0.3, -0.25) is 5.43 Å². The van der Waals surface area contributed by atoms with Gasteiger partial charge in [0.1, 0.15) is 0 Å². The van der Waals surface area contributed by atoms with Crippen LogP contribution in [0.15, 0.2) is 29.4 Å². The summed E-state index contributed by atoms with van der Waals surface area (Å²) >= 11 is 5.23. The minimum absolute atomic E-state index is 0.405. The van der Waals surface area contributed by atoms with Gasteiger partial charge in [0.25, 0.3) is 0 Å². The van der Waals surface area contributed by atoms with Gasteiger partial charge in [0.15, 0.2) is 5.11 Å². The first kappa shape index (κ1) is 15.6. The standard InChI is InChI=1S/C15H23N3S/c1-5-12(4)13-8-6-7-9-14(13)17-15(19)18-16-10-11(2)3/h6-12H,5H2,1-4H3,(H2,17,18,19)/b16-10+. The Balaban J connectivity index is 2.69. The van der Waals surface area contributed by atoms with Gasteiger partial charge in [-0.15, -0.1) is 0 Å². The van der Waals surface area contributed by atoms with E-state index >= 15 is 0 Å². The van der Waals surface area contributed by atoms with Crippen molar-refractivity contribution in [1.82, 2.24) is 5.43 Å². The lowest BCUT2D eigenvalue weighted by Crippen LogP contribution is -2.24. The molecular weight excluding hydrogens is 254 g/mol. The van der Waals surface area contributed by atoms with Crippen molar-refractivity contribution < 1.29 is 0 Å². The fourth-order valence-corrected chi connectivity index (χ4v) is 1.82. The van der Waals surface area contributed by atoms with Crippen molar-refractivity contribution in [3.63, 3.8) is 0 Å². The number of thiocarbonyl (C=S) groups is 1. The number of hydrogen-bond donors (Lipinski definition) is 2. The highest BCUT2D eigenvalue weighted by Crippen LogP contribution is 2.26. The molecule has 0 saturated carbocycles. The second kappa shape index (κ2) is 7.89. The number of para-hydroxylation sites is 1. The van der Waals surface area contributed by atoms with E-state index in [2.05, 4.69) is 55.7 Å². The van der Waals surface area contributed by atoms with Crippen LogP contribution in [0.5, 0.6) is 0 Å². The van der Waals surface area contributed by atoms with Crippen molar-refractivity contribution in [2.24, 2.45) is 11.0 Å². The van der Waals surface area contributed by atoms with Crippen molar-refractivity contribution in [1.29, 1.82) is 0 Å². The lowest BCUT2D eigenvalue weighted by atomic mass is 9.97. The third-order valence-corrected chi connectivity index (χ3v) is 3.08. The zero-order chi connectivity index (χ0) is 14.3. The summed E-state index contributed by atoms with van der Waals surface area (Å²) in [6.45, 7) is 8.54. The minimum Gasteiger partial charge on any atom is -0.331 e. The molecule has 0 aliphatic rings. The molecular formula is C15H23N3S. The van der Waals surface area contributed by atoms with E-state index in [-0.39, 0.29) is 0 Å². The zero-order valence-electron chi connectivity index (χ0n) is 12.1. The predicted molar refractivity (Wildman–Crippen MR) is 87.8 cm³/mol. The Morgan fingerprint density at radius 3 is 2.63 bits per heavy atom. The van der Waals surface area contributed by atoms with Crippen LogP contribution in [-0.4, -0.2) is 11.3 Å². The molecule has 0 bridgehead atoms. The van der Waals surface area contributed by atoms with Crippen molar-refractivity contribution in [3.05, 3.63) is 29.8 Å². The number of benzene rings is 1. The predicted octanol–water partition coefficient (Wildman–Crippen LogP) is 4.13. The minimum atomic E-state index is 0.405. The molecule has 3 nitrogen and oxygen atoms in total. The maximum absolute atomic E-state index is 5.23. The first-order valence-electron chi connectivity index (χ1n) is 6.73. The maximum atomic E-state index is 5.23. The van der Waals surface area contributed by atoms with Gasteiger partial charge in [0.05, 0.1) is 0 Å². The number of nitrogens with one attached hydrogen (secondary N) is 2. The quantitative estimate of drug-likeness (QED) is 0.483. The maximum Gasteiger partial charge on any atom is 0.191 e. The Morgan fingerprint density at radius 2 is 2.00 bits per heavy atom. The molecule has 0 saturated heterocycles. The van der Waals surface area contributed by atoms with Crippen LogP contribution in [0, 0.1) is 5.92 Å². The molecule has 0 aromatic heterocycles. The van der Waals surface area contributed by atoms with Crippen LogP contribution in [0.25, 0.3) is 0 Å². The van der Waals surface area contributed by atoms with Crippen molar-refractivity contribution in [2.75, 3.05) is 5.32 Å². The molecule has 0 spiro atoms. The SMILES string of the molecule is CCC(C)c1ccccc1NC(=S)N/N=C/C(C)C. The van der Waals surface area contributed by atoms with Gasteiger partial charge in [-0.1, -0.05) is 45.9 Å². The monoisotopic (exact) mass is 277 g/mol. The molecule has 0 radical (unpaired) electrons. The lowest BCUT2D eigenvalue weighted by molar-refractivity contribution is 0.735. The van der Waals surface area contributed by atoms with Crippen LogP contribution in [0.3, 0.4) is 0 Å². The highest BCUT2D eigenvalue weighted by Gasteiger charge is 2.08. The van der Waals surface area contributed by atoms with Gasteiger partial charge in [-0.2, -0.15) is 5.10 Å². The summed E-state index contributed by atoms with van der Waals surface area (Å²) in [5, 5.41) is 7.81. The molecule has 1 rings (SSSR count). The van der Waals surface area contributed by atoms with Crippen LogP contribution < -0.4 is 10.7 Å². The summed E-state index contributed by atoms with van der Waals surface area (Å²) in [5.74, 6) is 0.911. The molecule has 0 heterocycles. The Kier molecular flexibility index (Phi) is 6.50. The van der Waals surface area contributed by atoms with E-state index in [0.717, 1.165) is 12.1 Å². The fraction of sp³-hybridized carbons (Fsp3) is 0.467. The number of hydrazone groups is 1. The van der Waals surface area contributed by atoms with E-state index in [1.165, 1.54) is 5.56 Å². The van der Waals surface area contributed by atoms with Crippen LogP contribution in [0.2, 0.25) is 0 Å². The molecule has 1 unspecified atom stereocenters. The zero-order valence-corrected chi connectivity index (χ0v) is 12.9. The topological polar surface area (TPSA) is 36.4 Å². The first-order valence-corrected chi connectivity index (χ1v) is 7.14. The third-order valence-electron chi connectivity index (χ3n) is 2.89. The van der Waals surface area contributed by atoms with Crippen LogP contribution >= 0.6 is 12.2 Å². The summed E-state index contributed by atoms with van der Waals surface area (Å²) < 4.78 is 0. The second-order valence-corrected chi connectivity index (χ2v) is 5.39. The Hall–Kier alpha value is -1.42. The van der Waals surface area contributed by atoms with Crippen molar-refractivity contribution in [3.8, 4) is 0 Å². The Bertz CT molecular complexity index is 441. The fourth-order valence-electron chi connectivity index (χ4n) is 1.66.